The number of hydrogen-bond acceptors (Lipinski definition) is 12. The summed E-state index contributed by atoms with van der Waals surface area (Å²) in [7, 11) is 0. The van der Waals surface area contributed by atoms with E-state index < -0.39 is 0 Å². The Balaban J connectivity index is 1.38. The zero-order chi connectivity index (χ0) is 22.5. The molecule has 0 fully saturated rings. The fraction of sp³-hybridized carbons (Fsp3) is 0. The molecule has 12 heteroatoms. The van der Waals surface area contributed by atoms with Crippen molar-refractivity contribution in [3.8, 4) is 0 Å². The van der Waals surface area contributed by atoms with Crippen LogP contribution in [0.5, 0.6) is 0 Å². The maximum absolute atomic E-state index is 5.58. The van der Waals surface area contributed by atoms with Crippen LogP contribution in [0.4, 0.5) is 47.1 Å². The van der Waals surface area contributed by atoms with Crippen LogP contribution in [-0.4, -0.2) is 29.9 Å². The predicted molar refractivity (Wildman–Crippen MR) is 126 cm³/mol. The minimum Gasteiger partial charge on any atom is -0.368 e. The molecule has 10 N–H and O–H groups in total. The molecular weight excluding hydrogens is 408 g/mol. The van der Waals surface area contributed by atoms with Gasteiger partial charge < -0.3 is 33.6 Å². The number of aromatic nitrogens is 6. The van der Waals surface area contributed by atoms with E-state index in [1.807, 2.05) is 60.7 Å². The average Bonchev–Trinajstić information content (AvgIpc) is 2.73. The molecule has 0 bridgehead atoms. The zero-order valence-electron chi connectivity index (χ0n) is 16.8. The van der Waals surface area contributed by atoms with Crippen LogP contribution in [0.2, 0.25) is 0 Å². The molecule has 12 nitrogen and oxygen atoms in total. The Labute approximate surface area is 182 Å². The van der Waals surface area contributed by atoms with Crippen molar-refractivity contribution in [2.75, 3.05) is 33.6 Å². The van der Waals surface area contributed by atoms with E-state index >= 15 is 0 Å². The summed E-state index contributed by atoms with van der Waals surface area (Å²) in [4.78, 5) is 23.4. The quantitative estimate of drug-likeness (QED) is 0.244. The highest BCUT2D eigenvalue weighted by Gasteiger charge is 2.03. The second-order valence-corrected chi connectivity index (χ2v) is 6.58. The molecule has 0 atom stereocenters. The van der Waals surface area contributed by atoms with Gasteiger partial charge in [0.05, 0.1) is 0 Å². The smallest absolute Gasteiger partial charge is 0.233 e. The standard InChI is InChI=1S/C20H20N12/c21-15-27-16(22)30-19(29-15)25-13-7-3-11(4-8-13)1-2-12-5-9-14(10-6-12)26-20-31-17(23)28-18(24)32-20/h1-10H,(H5,21,22,25,27,29,30)(H5,23,24,26,28,31,32)/b2-1+. The summed E-state index contributed by atoms with van der Waals surface area (Å²) in [5, 5.41) is 6.07. The van der Waals surface area contributed by atoms with Gasteiger partial charge in [0.1, 0.15) is 0 Å². The molecule has 0 saturated heterocycles. The second-order valence-electron chi connectivity index (χ2n) is 6.58. The molecule has 0 aliphatic carbocycles. The summed E-state index contributed by atoms with van der Waals surface area (Å²) >= 11 is 0. The lowest BCUT2D eigenvalue weighted by Gasteiger charge is -2.06. The van der Waals surface area contributed by atoms with Crippen molar-refractivity contribution in [1.29, 1.82) is 0 Å². The molecular formula is C20H20N12. The third-order valence-electron chi connectivity index (χ3n) is 4.14. The van der Waals surface area contributed by atoms with Crippen molar-refractivity contribution in [3.05, 3.63) is 59.7 Å². The van der Waals surface area contributed by atoms with Gasteiger partial charge in [-0.15, -0.1) is 0 Å². The van der Waals surface area contributed by atoms with E-state index in [9.17, 15) is 0 Å². The van der Waals surface area contributed by atoms with Crippen molar-refractivity contribution in [2.24, 2.45) is 0 Å². The fourth-order valence-corrected chi connectivity index (χ4v) is 2.74. The van der Waals surface area contributed by atoms with Crippen LogP contribution in [-0.2, 0) is 0 Å². The summed E-state index contributed by atoms with van der Waals surface area (Å²) in [5.74, 6) is 0.804. The lowest BCUT2D eigenvalue weighted by molar-refractivity contribution is 1.08. The zero-order valence-corrected chi connectivity index (χ0v) is 16.8. The Morgan fingerprint density at radius 2 is 0.781 bits per heavy atom. The number of nitrogens with two attached hydrogens (primary N) is 4. The third kappa shape index (κ3) is 5.33. The van der Waals surface area contributed by atoms with Gasteiger partial charge in [-0.05, 0) is 35.4 Å². The molecule has 0 aliphatic heterocycles. The van der Waals surface area contributed by atoms with Gasteiger partial charge in [0.2, 0.25) is 35.7 Å². The Morgan fingerprint density at radius 1 is 0.469 bits per heavy atom. The molecule has 0 saturated carbocycles. The van der Waals surface area contributed by atoms with Crippen LogP contribution in [0.1, 0.15) is 11.1 Å². The highest BCUT2D eigenvalue weighted by atomic mass is 15.2. The first-order valence-corrected chi connectivity index (χ1v) is 9.39. The minimum atomic E-state index is 0.0577. The van der Waals surface area contributed by atoms with Crippen molar-refractivity contribution in [1.82, 2.24) is 29.9 Å². The molecule has 0 unspecified atom stereocenters. The Kier molecular flexibility index (Phi) is 5.57. The highest BCUT2D eigenvalue weighted by Crippen LogP contribution is 2.18. The topological polar surface area (TPSA) is 205 Å². The molecule has 0 radical (unpaired) electrons. The number of nitrogens with zero attached hydrogens (tertiary/aromatic N) is 6. The number of hydrogen-bond donors (Lipinski definition) is 6. The van der Waals surface area contributed by atoms with Crippen molar-refractivity contribution in [3.63, 3.8) is 0 Å². The molecule has 0 spiro atoms. The van der Waals surface area contributed by atoms with Gasteiger partial charge in [0, 0.05) is 11.4 Å². The normalized spacial score (nSPS) is 10.9. The van der Waals surface area contributed by atoms with E-state index in [0.717, 1.165) is 22.5 Å². The molecule has 0 aliphatic rings. The van der Waals surface area contributed by atoms with Gasteiger partial charge in [0.15, 0.2) is 0 Å². The van der Waals surface area contributed by atoms with Crippen molar-refractivity contribution < 1.29 is 0 Å². The lowest BCUT2D eigenvalue weighted by Crippen LogP contribution is -2.06. The molecule has 2 aromatic heterocycles. The predicted octanol–water partition coefficient (Wildman–Crippen LogP) is 2.04. The first kappa shape index (κ1) is 20.3. The maximum Gasteiger partial charge on any atom is 0.233 e. The van der Waals surface area contributed by atoms with Crippen molar-refractivity contribution in [2.45, 2.75) is 0 Å². The minimum absolute atomic E-state index is 0.0577. The fourth-order valence-electron chi connectivity index (χ4n) is 2.74. The van der Waals surface area contributed by atoms with E-state index in [1.54, 1.807) is 0 Å². The summed E-state index contributed by atoms with van der Waals surface area (Å²) in [5.41, 5.74) is 25.9. The van der Waals surface area contributed by atoms with Crippen LogP contribution < -0.4 is 33.6 Å². The molecule has 160 valence electrons. The number of anilines is 8. The van der Waals surface area contributed by atoms with Gasteiger partial charge in [0.25, 0.3) is 0 Å². The first-order chi connectivity index (χ1) is 15.4. The monoisotopic (exact) mass is 428 g/mol. The maximum atomic E-state index is 5.58. The van der Waals surface area contributed by atoms with Gasteiger partial charge in [-0.1, -0.05) is 36.4 Å². The molecule has 32 heavy (non-hydrogen) atoms. The summed E-state index contributed by atoms with van der Waals surface area (Å²) in [6.07, 6.45) is 4.00. The molecule has 0 amide bonds. The Bertz CT molecular complexity index is 1110. The number of benzene rings is 2. The molecule has 4 rings (SSSR count). The van der Waals surface area contributed by atoms with E-state index in [0.29, 0.717) is 0 Å². The van der Waals surface area contributed by atoms with E-state index in [4.69, 9.17) is 22.9 Å². The third-order valence-corrected chi connectivity index (χ3v) is 4.14. The summed E-state index contributed by atoms with van der Waals surface area (Å²) in [6.45, 7) is 0. The van der Waals surface area contributed by atoms with Gasteiger partial charge in [-0.3, -0.25) is 0 Å². The summed E-state index contributed by atoms with van der Waals surface area (Å²) < 4.78 is 0. The van der Waals surface area contributed by atoms with Gasteiger partial charge in [-0.2, -0.15) is 29.9 Å². The van der Waals surface area contributed by atoms with Gasteiger partial charge >= 0.3 is 0 Å². The largest absolute Gasteiger partial charge is 0.368 e. The molecule has 2 aromatic carbocycles. The van der Waals surface area contributed by atoms with Crippen LogP contribution in [0.25, 0.3) is 12.2 Å². The van der Waals surface area contributed by atoms with E-state index in [-0.39, 0.29) is 35.7 Å². The highest BCUT2D eigenvalue weighted by molar-refractivity contribution is 5.72. The van der Waals surface area contributed by atoms with E-state index in [1.165, 1.54) is 0 Å². The second kappa shape index (κ2) is 8.79. The average molecular weight is 428 g/mol. The molecule has 2 heterocycles. The van der Waals surface area contributed by atoms with Crippen LogP contribution in [0.15, 0.2) is 48.5 Å². The van der Waals surface area contributed by atoms with Crippen LogP contribution in [0, 0.1) is 0 Å². The van der Waals surface area contributed by atoms with Crippen molar-refractivity contribution >= 4 is 59.2 Å². The number of nitrogens with one attached hydrogen (secondary N) is 2. The van der Waals surface area contributed by atoms with Gasteiger partial charge in [-0.25, -0.2) is 0 Å². The van der Waals surface area contributed by atoms with Crippen LogP contribution in [0.3, 0.4) is 0 Å². The summed E-state index contributed by atoms with van der Waals surface area (Å²) in [6, 6.07) is 15.4. The number of rotatable bonds is 6. The Morgan fingerprint density at radius 3 is 1.09 bits per heavy atom. The lowest BCUT2D eigenvalue weighted by atomic mass is 10.1. The van der Waals surface area contributed by atoms with E-state index in [2.05, 4.69) is 40.5 Å². The SMILES string of the molecule is Nc1nc(N)nc(Nc2ccc(/C=C/c3ccc(Nc4nc(N)nc(N)n4)cc3)cc2)n1. The number of nitrogen functional groups attached to an aromatic ring is 4. The molecule has 4 aromatic rings. The van der Waals surface area contributed by atoms with Crippen LogP contribution >= 0.6 is 0 Å². The Hall–Kier alpha value is -5.00. The first-order valence-electron chi connectivity index (χ1n) is 9.39.